The summed E-state index contributed by atoms with van der Waals surface area (Å²) in [5.74, 6) is 2.50. The molecular formula is C18H32N6O3. The second-order valence-electron chi connectivity index (χ2n) is 8.80. The summed E-state index contributed by atoms with van der Waals surface area (Å²) >= 11 is 0. The maximum absolute atomic E-state index is 12.8. The minimum Gasteiger partial charge on any atom is -0.351 e. The Labute approximate surface area is 161 Å². The zero-order valence-electron chi connectivity index (χ0n) is 17.3. The fourth-order valence-corrected chi connectivity index (χ4v) is 3.43. The van der Waals surface area contributed by atoms with Crippen LogP contribution < -0.4 is 16.8 Å². The van der Waals surface area contributed by atoms with E-state index in [-0.39, 0.29) is 6.42 Å². The van der Waals surface area contributed by atoms with E-state index in [0.29, 0.717) is 6.42 Å². The molecule has 0 rings (SSSR count). The first-order chi connectivity index (χ1) is 12.0. The van der Waals surface area contributed by atoms with Crippen LogP contribution in [0.3, 0.4) is 0 Å². The molecule has 152 valence electrons. The molecule has 5 N–H and O–H groups in total. The van der Waals surface area contributed by atoms with E-state index in [1.165, 1.54) is 13.0 Å². The number of nitrogens with two attached hydrogens (primary N) is 2. The average Bonchev–Trinajstić information content (AvgIpc) is 2.32. The summed E-state index contributed by atoms with van der Waals surface area (Å²) in [7, 11) is 0. The number of nitrogens with zero attached hydrogens (tertiary/aromatic N) is 3. The van der Waals surface area contributed by atoms with Crippen LogP contribution in [0.1, 0.15) is 61.3 Å². The number of aliphatic imine (C=N–C) groups is 2. The summed E-state index contributed by atoms with van der Waals surface area (Å²) in [6.07, 6.45) is 1.93. The van der Waals surface area contributed by atoms with Crippen LogP contribution in [0.4, 0.5) is 9.59 Å². The van der Waals surface area contributed by atoms with Crippen molar-refractivity contribution in [3.8, 4) is 0 Å². The second kappa shape index (κ2) is 8.48. The maximum atomic E-state index is 12.8. The summed E-state index contributed by atoms with van der Waals surface area (Å²) < 4.78 is 0. The fraction of sp³-hybridized carbons (Fsp3) is 0.722. The lowest BCUT2D eigenvalue weighted by atomic mass is 9.87. The van der Waals surface area contributed by atoms with Gasteiger partial charge in [-0.3, -0.25) is 0 Å². The van der Waals surface area contributed by atoms with E-state index < -0.39 is 34.3 Å². The normalized spacial score (nSPS) is 14.2. The molecule has 0 spiro atoms. The van der Waals surface area contributed by atoms with Crippen molar-refractivity contribution in [3.63, 3.8) is 0 Å². The van der Waals surface area contributed by atoms with E-state index in [1.807, 2.05) is 13.8 Å². The molecule has 27 heavy (non-hydrogen) atoms. The molecule has 0 fully saturated rings. The van der Waals surface area contributed by atoms with Gasteiger partial charge in [-0.2, -0.15) is 4.99 Å². The predicted octanol–water partition coefficient (Wildman–Crippen LogP) is 2.06. The summed E-state index contributed by atoms with van der Waals surface area (Å²) in [5, 5.41) is 2.77. The van der Waals surface area contributed by atoms with Gasteiger partial charge in [-0.1, -0.05) is 0 Å². The lowest BCUT2D eigenvalue weighted by Gasteiger charge is -2.41. The van der Waals surface area contributed by atoms with E-state index in [4.69, 9.17) is 11.5 Å². The van der Waals surface area contributed by atoms with Crippen LogP contribution in [0.25, 0.3) is 0 Å². The van der Waals surface area contributed by atoms with Gasteiger partial charge in [0.15, 0.2) is 0 Å². The molecule has 0 aromatic heterocycles. The highest BCUT2D eigenvalue weighted by Gasteiger charge is 2.42. The van der Waals surface area contributed by atoms with E-state index in [9.17, 15) is 14.4 Å². The molecule has 0 saturated carbocycles. The van der Waals surface area contributed by atoms with E-state index in [2.05, 4.69) is 27.8 Å². The molecule has 1 unspecified atom stereocenters. The Morgan fingerprint density at radius 2 is 1.52 bits per heavy atom. The first-order valence-corrected chi connectivity index (χ1v) is 8.52. The van der Waals surface area contributed by atoms with Crippen molar-refractivity contribution >= 4 is 24.0 Å². The van der Waals surface area contributed by atoms with Gasteiger partial charge in [0.25, 0.3) is 0 Å². The van der Waals surface area contributed by atoms with Gasteiger partial charge < -0.3 is 16.8 Å². The Morgan fingerprint density at radius 1 is 1.04 bits per heavy atom. The van der Waals surface area contributed by atoms with Gasteiger partial charge in [-0.25, -0.2) is 24.3 Å². The highest BCUT2D eigenvalue weighted by Crippen LogP contribution is 2.27. The topological polar surface area (TPSA) is 143 Å². The standard InChI is InChI=1S/C18H32N6O3/c1-9-21-15(2,3)10-17(6,7)23-14(27)24(13(19)26)18(8,20)11-16(4,5)22-12-25/h1,10-11,20H2,2-8H3,(H2,19,26)(H,23,27). The van der Waals surface area contributed by atoms with Crippen molar-refractivity contribution in [3.05, 3.63) is 6.58 Å². The molecule has 0 aliphatic carbocycles. The van der Waals surface area contributed by atoms with Crippen molar-refractivity contribution in [1.82, 2.24) is 10.2 Å². The van der Waals surface area contributed by atoms with Crippen LogP contribution in [0, 0.1) is 0 Å². The van der Waals surface area contributed by atoms with Crippen molar-refractivity contribution in [2.45, 2.75) is 83.6 Å². The van der Waals surface area contributed by atoms with Gasteiger partial charge in [0.2, 0.25) is 6.08 Å². The molecule has 0 heterocycles. The molecule has 1 atom stereocenters. The smallest absolute Gasteiger partial charge is 0.327 e. The van der Waals surface area contributed by atoms with E-state index >= 15 is 0 Å². The first kappa shape index (κ1) is 24.5. The highest BCUT2D eigenvalue weighted by atomic mass is 16.2. The summed E-state index contributed by atoms with van der Waals surface area (Å²) in [6, 6.07) is -1.76. The molecule has 0 aliphatic heterocycles. The van der Waals surface area contributed by atoms with E-state index in [1.54, 1.807) is 27.7 Å². The van der Waals surface area contributed by atoms with Gasteiger partial charge in [-0.15, -0.1) is 0 Å². The second-order valence-corrected chi connectivity index (χ2v) is 8.80. The van der Waals surface area contributed by atoms with Crippen molar-refractivity contribution in [2.24, 2.45) is 21.5 Å². The Hall–Kier alpha value is -2.47. The predicted molar refractivity (Wildman–Crippen MR) is 105 cm³/mol. The number of carbonyl (C=O) groups is 2. The Morgan fingerprint density at radius 3 is 1.93 bits per heavy atom. The first-order valence-electron chi connectivity index (χ1n) is 8.52. The third kappa shape index (κ3) is 8.17. The third-order valence-electron chi connectivity index (χ3n) is 3.77. The number of carbonyl (C=O) groups excluding carboxylic acids is 3. The number of isocyanates is 1. The average molecular weight is 380 g/mol. The zero-order valence-corrected chi connectivity index (χ0v) is 17.3. The number of hydrogen-bond donors (Lipinski definition) is 3. The van der Waals surface area contributed by atoms with Gasteiger partial charge in [0.1, 0.15) is 5.66 Å². The van der Waals surface area contributed by atoms with Gasteiger partial charge in [0.05, 0.1) is 11.1 Å². The van der Waals surface area contributed by atoms with Gasteiger partial charge in [0, 0.05) is 12.0 Å². The van der Waals surface area contributed by atoms with Crippen LogP contribution >= 0.6 is 0 Å². The van der Waals surface area contributed by atoms with Crippen LogP contribution in [-0.4, -0.2) is 51.2 Å². The van der Waals surface area contributed by atoms with Crippen molar-refractivity contribution in [1.29, 1.82) is 0 Å². The molecule has 0 aromatic carbocycles. The zero-order chi connectivity index (χ0) is 21.7. The number of rotatable bonds is 8. The Balaban J connectivity index is 5.59. The van der Waals surface area contributed by atoms with Crippen molar-refractivity contribution in [2.75, 3.05) is 0 Å². The van der Waals surface area contributed by atoms with Gasteiger partial charge >= 0.3 is 12.1 Å². The molecule has 0 saturated heterocycles. The Kier molecular flexibility index (Phi) is 7.70. The summed E-state index contributed by atoms with van der Waals surface area (Å²) in [5.41, 5.74) is 7.95. The molecular weight excluding hydrogens is 348 g/mol. The van der Waals surface area contributed by atoms with Crippen LogP contribution in [0.5, 0.6) is 0 Å². The molecule has 0 aromatic rings. The lowest BCUT2D eigenvalue weighted by Crippen LogP contribution is -2.66. The monoisotopic (exact) mass is 380 g/mol. The fourth-order valence-electron chi connectivity index (χ4n) is 3.43. The quantitative estimate of drug-likeness (QED) is 0.336. The minimum absolute atomic E-state index is 0.0122. The molecule has 9 nitrogen and oxygen atoms in total. The molecule has 9 heteroatoms. The number of nitrogens with one attached hydrogen (secondary N) is 1. The number of hydrogen-bond acceptors (Lipinski definition) is 6. The SMILES string of the molecule is C=C=NC(C)(C)CC(C)(C)NC(=O)N(C(N)=O)C(C)(N)CC(C)(C)N=C=O. The van der Waals surface area contributed by atoms with Crippen LogP contribution in [0.15, 0.2) is 16.6 Å². The maximum Gasteiger partial charge on any atom is 0.327 e. The number of amides is 4. The van der Waals surface area contributed by atoms with Crippen molar-refractivity contribution < 1.29 is 14.4 Å². The molecule has 0 radical (unpaired) electrons. The summed E-state index contributed by atoms with van der Waals surface area (Å²) in [4.78, 5) is 43.9. The highest BCUT2D eigenvalue weighted by molar-refractivity contribution is 5.94. The lowest BCUT2D eigenvalue weighted by molar-refractivity contribution is 0.118. The largest absolute Gasteiger partial charge is 0.351 e. The van der Waals surface area contributed by atoms with E-state index in [0.717, 1.165) is 4.90 Å². The Bertz CT molecular complexity index is 669. The summed E-state index contributed by atoms with van der Waals surface area (Å²) in [6.45, 7) is 15.5. The number of primary amides is 1. The number of imide groups is 1. The molecule has 0 bridgehead atoms. The van der Waals surface area contributed by atoms with Crippen LogP contribution in [-0.2, 0) is 4.79 Å². The molecule has 0 aliphatic rings. The number of urea groups is 2. The van der Waals surface area contributed by atoms with Gasteiger partial charge in [-0.05, 0) is 67.3 Å². The molecule has 4 amide bonds. The third-order valence-corrected chi connectivity index (χ3v) is 3.77. The minimum atomic E-state index is -1.48. The van der Waals surface area contributed by atoms with Crippen LogP contribution in [0.2, 0.25) is 0 Å².